The fourth-order valence-electron chi connectivity index (χ4n) is 0. The average Bonchev–Trinajstić information content (AvgIpc) is 2.22. The van der Waals surface area contributed by atoms with Gasteiger partial charge in [0, 0.05) is 13.2 Å². The van der Waals surface area contributed by atoms with E-state index in [1.165, 1.54) is 0 Å². The number of hydrogen-bond donors (Lipinski definition) is 2. The van der Waals surface area contributed by atoms with Crippen LogP contribution in [0.4, 0.5) is 0 Å². The second-order valence-electron chi connectivity index (χ2n) is 1.53. The summed E-state index contributed by atoms with van der Waals surface area (Å²) in [5.74, 6) is 0. The van der Waals surface area contributed by atoms with E-state index in [0.29, 0.717) is 13.2 Å². The molecule has 0 aliphatic heterocycles. The van der Waals surface area contributed by atoms with E-state index >= 15 is 0 Å². The van der Waals surface area contributed by atoms with E-state index in [0.717, 1.165) is 33.2 Å². The summed E-state index contributed by atoms with van der Waals surface area (Å²) in [6.07, 6.45) is 1.75. The Morgan fingerprint density at radius 1 is 1.15 bits per heavy atom. The third-order valence-electron chi connectivity index (χ3n) is 0.447. The molecule has 0 aliphatic carbocycles. The Morgan fingerprint density at radius 3 is 1.23 bits per heavy atom. The van der Waals surface area contributed by atoms with Crippen molar-refractivity contribution in [2.45, 2.75) is 26.7 Å². The second-order valence-corrected chi connectivity index (χ2v) is 1.79. The third-order valence-corrected chi connectivity index (χ3v) is 0.447. The molecule has 0 atom stereocenters. The molecule has 2 N–H and O–H groups in total. The molecular weight excluding hydrogens is 248 g/mol. The Balaban J connectivity index is -0.0000000431. The summed E-state index contributed by atoms with van der Waals surface area (Å²) >= 11 is -1.25. The Labute approximate surface area is 100 Å². The standard InChI is InChI=1S/2C3H8O.3O.2Ti/c2*1-2-3-4;;;;;/h2*4H,2-3H2,1H3;;;;;/q;;;;-1;;+1. The summed E-state index contributed by atoms with van der Waals surface area (Å²) in [5, 5.41) is 15.8. The minimum absolute atomic E-state index is 0.319. The van der Waals surface area contributed by atoms with Crippen LogP contribution < -0.4 is 3.69 Å². The molecule has 0 saturated carbocycles. The molecule has 0 amide bonds. The van der Waals surface area contributed by atoms with Gasteiger partial charge in [0.05, 0.1) is 0 Å². The molecule has 0 saturated heterocycles. The van der Waals surface area contributed by atoms with Crippen LogP contribution in [0.1, 0.15) is 26.7 Å². The van der Waals surface area contributed by atoms with Crippen LogP contribution in [0.5, 0.6) is 0 Å². The molecule has 0 aromatic carbocycles. The molecule has 0 fully saturated rings. The predicted molar refractivity (Wildman–Crippen MR) is 36.1 cm³/mol. The fourth-order valence-corrected chi connectivity index (χ4v) is 0. The van der Waals surface area contributed by atoms with Crippen molar-refractivity contribution < 1.29 is 60.5 Å². The molecule has 0 unspecified atom stereocenters. The van der Waals surface area contributed by atoms with Gasteiger partial charge in [-0.3, -0.25) is 0 Å². The molecule has 0 radical (unpaired) electrons. The molecule has 0 rings (SSSR count). The van der Waals surface area contributed by atoms with Crippen molar-refractivity contribution in [2.24, 2.45) is 0 Å². The van der Waals surface area contributed by atoms with Crippen molar-refractivity contribution in [3.63, 3.8) is 0 Å². The SMILES string of the molecule is CCCO.CCCO.[O]=[Ti+].[O]=[Ti][O-]. The first-order chi connectivity index (χ1) is 6.24. The molecule has 7 heteroatoms. The minimum atomic E-state index is -2.00. The van der Waals surface area contributed by atoms with Crippen LogP contribution in [0.25, 0.3) is 0 Å². The topological polar surface area (TPSA) is 97.7 Å². The van der Waals surface area contributed by atoms with E-state index in [2.05, 4.69) is 0 Å². The molecule has 13 heavy (non-hydrogen) atoms. The van der Waals surface area contributed by atoms with Gasteiger partial charge in [-0.15, -0.1) is 0 Å². The normalized spacial score (nSPS) is 5.77. The summed E-state index contributed by atoms with van der Waals surface area (Å²) in [7, 11) is 0. The van der Waals surface area contributed by atoms with Crippen molar-refractivity contribution in [3.05, 3.63) is 0 Å². The maximum atomic E-state index is 8.50. The zero-order valence-electron chi connectivity index (χ0n) is 7.95. The van der Waals surface area contributed by atoms with Gasteiger partial charge in [-0.1, -0.05) is 13.8 Å². The van der Waals surface area contributed by atoms with Gasteiger partial charge in [-0.25, -0.2) is 0 Å². The van der Waals surface area contributed by atoms with Crippen molar-refractivity contribution >= 4 is 0 Å². The van der Waals surface area contributed by atoms with Gasteiger partial charge in [-0.05, 0) is 12.8 Å². The van der Waals surface area contributed by atoms with Gasteiger partial charge in [-0.2, -0.15) is 0 Å². The number of rotatable bonds is 2. The zero-order valence-corrected chi connectivity index (χ0v) is 11.1. The van der Waals surface area contributed by atoms with Crippen LogP contribution in [0.15, 0.2) is 0 Å². The fraction of sp³-hybridized carbons (Fsp3) is 1.00. The monoisotopic (exact) mass is 264 g/mol. The van der Waals surface area contributed by atoms with Crippen LogP contribution in [0.2, 0.25) is 0 Å². The van der Waals surface area contributed by atoms with Crippen LogP contribution in [-0.2, 0) is 46.6 Å². The van der Waals surface area contributed by atoms with Crippen molar-refractivity contribution in [1.82, 2.24) is 0 Å². The van der Waals surface area contributed by atoms with Gasteiger partial charge in [0.15, 0.2) is 0 Å². The second kappa shape index (κ2) is 52.4. The molecule has 0 spiro atoms. The van der Waals surface area contributed by atoms with E-state index in [1.807, 2.05) is 13.8 Å². The summed E-state index contributed by atoms with van der Waals surface area (Å²) in [6.45, 7) is 4.50. The first-order valence-electron chi connectivity index (χ1n) is 3.66. The van der Waals surface area contributed by atoms with Gasteiger partial charge in [0.25, 0.3) is 0 Å². The van der Waals surface area contributed by atoms with Crippen LogP contribution in [0.3, 0.4) is 0 Å². The van der Waals surface area contributed by atoms with E-state index < -0.39 is 19.5 Å². The number of aliphatic hydroxyl groups is 2. The van der Waals surface area contributed by atoms with E-state index in [9.17, 15) is 0 Å². The van der Waals surface area contributed by atoms with Gasteiger partial charge in [0.1, 0.15) is 0 Å². The van der Waals surface area contributed by atoms with Gasteiger partial charge in [0.2, 0.25) is 0 Å². The van der Waals surface area contributed by atoms with E-state index in [4.69, 9.17) is 20.6 Å². The van der Waals surface area contributed by atoms with Crippen LogP contribution in [0, 0.1) is 0 Å². The van der Waals surface area contributed by atoms with E-state index in [-0.39, 0.29) is 0 Å². The van der Waals surface area contributed by atoms with Crippen LogP contribution >= 0.6 is 0 Å². The quantitative estimate of drug-likeness (QED) is 0.645. The van der Waals surface area contributed by atoms with Gasteiger partial charge < -0.3 is 10.2 Å². The molecule has 0 aliphatic rings. The molecular formula is C6H16O5Ti2. The third kappa shape index (κ3) is 182. The number of aliphatic hydroxyl groups excluding tert-OH is 2. The summed E-state index contributed by atoms with van der Waals surface area (Å²) in [4.78, 5) is 0. The maximum absolute atomic E-state index is 8.50. The zero-order chi connectivity index (χ0) is 11.5. The molecule has 0 aromatic heterocycles. The molecule has 78 valence electrons. The molecule has 0 aromatic rings. The first-order valence-corrected chi connectivity index (χ1v) is 5.57. The van der Waals surface area contributed by atoms with Crippen LogP contribution in [-0.4, -0.2) is 23.4 Å². The first kappa shape index (κ1) is 23.6. The van der Waals surface area contributed by atoms with Crippen molar-refractivity contribution in [2.75, 3.05) is 13.2 Å². The van der Waals surface area contributed by atoms with Crippen molar-refractivity contribution in [3.8, 4) is 0 Å². The summed E-state index contributed by atoms with van der Waals surface area (Å²) in [6, 6.07) is 0. The Morgan fingerprint density at radius 2 is 1.23 bits per heavy atom. The Bertz CT molecular complexity index is 57.0. The van der Waals surface area contributed by atoms with Gasteiger partial charge >= 0.3 is 50.3 Å². The van der Waals surface area contributed by atoms with Crippen molar-refractivity contribution in [1.29, 1.82) is 0 Å². The number of hydrogen-bond acceptors (Lipinski definition) is 5. The molecule has 0 heterocycles. The van der Waals surface area contributed by atoms with E-state index in [1.54, 1.807) is 0 Å². The average molecular weight is 264 g/mol. The molecule has 5 nitrogen and oxygen atoms in total. The summed E-state index contributed by atoms with van der Waals surface area (Å²) < 4.78 is 25.2. The Hall–Kier alpha value is 0.909. The summed E-state index contributed by atoms with van der Waals surface area (Å²) in [5.41, 5.74) is 0. The Kier molecular flexibility index (Phi) is 95.2. The predicted octanol–water partition coefficient (Wildman–Crippen LogP) is -0.654. The molecule has 0 bridgehead atoms.